The number of aryl methyl sites for hydroxylation is 2. The van der Waals surface area contributed by atoms with Crippen LogP contribution < -0.4 is 5.32 Å². The van der Waals surface area contributed by atoms with E-state index in [4.69, 9.17) is 0 Å². The van der Waals surface area contributed by atoms with Crippen LogP contribution in [0, 0.1) is 6.92 Å². The summed E-state index contributed by atoms with van der Waals surface area (Å²) in [4.78, 5) is 4.59. The van der Waals surface area contributed by atoms with E-state index in [-0.39, 0.29) is 6.04 Å². The molecule has 0 aliphatic carbocycles. The fourth-order valence-corrected chi connectivity index (χ4v) is 2.99. The number of nitrogens with one attached hydrogen (secondary N) is 1. The van der Waals surface area contributed by atoms with Crippen LogP contribution in [0.15, 0.2) is 41.0 Å². The number of benzene rings is 1. The summed E-state index contributed by atoms with van der Waals surface area (Å²) in [6.45, 7) is 7.37. The van der Waals surface area contributed by atoms with Gasteiger partial charge in [-0.1, -0.05) is 53.5 Å². The minimum atomic E-state index is 0.282. The van der Waals surface area contributed by atoms with Crippen molar-refractivity contribution in [2.45, 2.75) is 39.7 Å². The lowest BCUT2D eigenvalue weighted by molar-refractivity contribution is 0.542. The van der Waals surface area contributed by atoms with Gasteiger partial charge in [-0.3, -0.25) is 4.98 Å². The Bertz CT molecular complexity index is 578. The van der Waals surface area contributed by atoms with Gasteiger partial charge in [-0.2, -0.15) is 0 Å². The van der Waals surface area contributed by atoms with Crippen molar-refractivity contribution < 1.29 is 0 Å². The zero-order valence-electron chi connectivity index (χ0n) is 13.0. The van der Waals surface area contributed by atoms with Gasteiger partial charge in [0.15, 0.2) is 0 Å². The molecular weight excluding hydrogens is 324 g/mol. The molecule has 1 aromatic heterocycles. The summed E-state index contributed by atoms with van der Waals surface area (Å²) in [5.41, 5.74) is 5.01. The van der Waals surface area contributed by atoms with E-state index in [1.807, 2.05) is 6.20 Å². The smallest absolute Gasteiger partial charge is 0.0422 e. The zero-order valence-corrected chi connectivity index (χ0v) is 14.6. The van der Waals surface area contributed by atoms with Crippen LogP contribution in [0.3, 0.4) is 0 Å². The molecule has 0 saturated heterocycles. The lowest BCUT2D eigenvalue weighted by atomic mass is 9.99. The van der Waals surface area contributed by atoms with Crippen LogP contribution in [-0.2, 0) is 12.8 Å². The maximum atomic E-state index is 4.59. The Labute approximate surface area is 136 Å². The van der Waals surface area contributed by atoms with Crippen LogP contribution in [0.1, 0.15) is 42.3 Å². The van der Waals surface area contributed by atoms with E-state index in [0.29, 0.717) is 0 Å². The summed E-state index contributed by atoms with van der Waals surface area (Å²) in [6, 6.07) is 11.1. The van der Waals surface area contributed by atoms with Crippen LogP contribution >= 0.6 is 15.9 Å². The van der Waals surface area contributed by atoms with Crippen molar-refractivity contribution >= 4 is 15.9 Å². The van der Waals surface area contributed by atoms with Crippen LogP contribution in [-0.4, -0.2) is 11.5 Å². The maximum Gasteiger partial charge on any atom is 0.0422 e. The van der Waals surface area contributed by atoms with Gasteiger partial charge >= 0.3 is 0 Å². The molecule has 1 unspecified atom stereocenters. The van der Waals surface area contributed by atoms with Gasteiger partial charge in [0, 0.05) is 28.8 Å². The number of halogens is 1. The molecule has 0 amide bonds. The molecule has 1 atom stereocenters. The third kappa shape index (κ3) is 4.39. The van der Waals surface area contributed by atoms with Crippen molar-refractivity contribution in [2.24, 2.45) is 0 Å². The standard InChI is InChI=1S/C18H23BrN2/c1-4-14-7-8-15(21-12-14)11-18(20-5-2)16-10-13(3)6-9-17(16)19/h6-10,12,18,20H,4-5,11H2,1-3H3. The van der Waals surface area contributed by atoms with E-state index in [1.165, 1.54) is 16.7 Å². The highest BCUT2D eigenvalue weighted by molar-refractivity contribution is 9.10. The molecule has 0 aliphatic rings. The van der Waals surface area contributed by atoms with E-state index in [9.17, 15) is 0 Å². The quantitative estimate of drug-likeness (QED) is 0.826. The van der Waals surface area contributed by atoms with Gasteiger partial charge in [0.1, 0.15) is 0 Å². The number of pyridine rings is 1. The molecule has 0 bridgehead atoms. The van der Waals surface area contributed by atoms with Crippen molar-refractivity contribution in [2.75, 3.05) is 6.54 Å². The van der Waals surface area contributed by atoms with Gasteiger partial charge in [-0.25, -0.2) is 0 Å². The Morgan fingerprint density at radius 3 is 2.62 bits per heavy atom. The van der Waals surface area contributed by atoms with Gasteiger partial charge < -0.3 is 5.32 Å². The second-order valence-corrected chi connectivity index (χ2v) is 6.21. The van der Waals surface area contributed by atoms with Gasteiger partial charge in [-0.05, 0) is 43.1 Å². The lowest BCUT2D eigenvalue weighted by Crippen LogP contribution is -2.23. The molecule has 1 heterocycles. The predicted molar refractivity (Wildman–Crippen MR) is 92.6 cm³/mol. The summed E-state index contributed by atoms with van der Waals surface area (Å²) in [6.07, 6.45) is 3.93. The molecule has 0 spiro atoms. The third-order valence-corrected chi connectivity index (χ3v) is 4.41. The summed E-state index contributed by atoms with van der Waals surface area (Å²) in [5, 5.41) is 3.57. The highest BCUT2D eigenvalue weighted by Gasteiger charge is 2.15. The van der Waals surface area contributed by atoms with Crippen LogP contribution in [0.5, 0.6) is 0 Å². The maximum absolute atomic E-state index is 4.59. The van der Waals surface area contributed by atoms with Crippen LogP contribution in [0.2, 0.25) is 0 Å². The first-order chi connectivity index (χ1) is 10.1. The number of rotatable bonds is 6. The Balaban J connectivity index is 2.23. The minimum Gasteiger partial charge on any atom is -0.310 e. The van der Waals surface area contributed by atoms with Gasteiger partial charge in [0.25, 0.3) is 0 Å². The molecule has 0 aliphatic heterocycles. The summed E-state index contributed by atoms with van der Waals surface area (Å²) in [7, 11) is 0. The third-order valence-electron chi connectivity index (χ3n) is 3.68. The summed E-state index contributed by atoms with van der Waals surface area (Å²) in [5.74, 6) is 0. The lowest BCUT2D eigenvalue weighted by Gasteiger charge is -2.20. The van der Waals surface area contributed by atoms with Gasteiger partial charge in [0.2, 0.25) is 0 Å². The molecule has 2 aromatic rings. The number of nitrogens with zero attached hydrogens (tertiary/aromatic N) is 1. The molecule has 0 fully saturated rings. The molecule has 3 heteroatoms. The summed E-state index contributed by atoms with van der Waals surface area (Å²) >= 11 is 3.68. The fourth-order valence-electron chi connectivity index (χ4n) is 2.46. The first-order valence-corrected chi connectivity index (χ1v) is 8.36. The minimum absolute atomic E-state index is 0.282. The fraction of sp³-hybridized carbons (Fsp3) is 0.389. The molecule has 2 rings (SSSR count). The Morgan fingerprint density at radius 1 is 1.19 bits per heavy atom. The summed E-state index contributed by atoms with van der Waals surface area (Å²) < 4.78 is 1.16. The van der Waals surface area contributed by atoms with Crippen molar-refractivity contribution in [1.29, 1.82) is 0 Å². The first-order valence-electron chi connectivity index (χ1n) is 7.57. The van der Waals surface area contributed by atoms with Gasteiger partial charge in [0.05, 0.1) is 0 Å². The SMILES string of the molecule is CCNC(Cc1ccc(CC)cn1)c1cc(C)ccc1Br. The van der Waals surface area contributed by atoms with E-state index in [0.717, 1.165) is 29.6 Å². The normalized spacial score (nSPS) is 12.4. The number of hydrogen-bond donors (Lipinski definition) is 1. The highest BCUT2D eigenvalue weighted by atomic mass is 79.9. The average Bonchev–Trinajstić information content (AvgIpc) is 2.50. The topological polar surface area (TPSA) is 24.9 Å². The Morgan fingerprint density at radius 2 is 2.00 bits per heavy atom. The van der Waals surface area contributed by atoms with Crippen molar-refractivity contribution in [3.63, 3.8) is 0 Å². The zero-order chi connectivity index (χ0) is 15.2. The van der Waals surface area contributed by atoms with Crippen molar-refractivity contribution in [3.05, 3.63) is 63.4 Å². The van der Waals surface area contributed by atoms with Crippen molar-refractivity contribution in [3.8, 4) is 0 Å². The van der Waals surface area contributed by atoms with E-state index in [1.54, 1.807) is 0 Å². The molecule has 21 heavy (non-hydrogen) atoms. The average molecular weight is 347 g/mol. The predicted octanol–water partition coefficient (Wildman–Crippen LogP) is 4.61. The molecule has 112 valence electrons. The Kier molecular flexibility index (Phi) is 5.95. The highest BCUT2D eigenvalue weighted by Crippen LogP contribution is 2.27. The van der Waals surface area contributed by atoms with Crippen LogP contribution in [0.25, 0.3) is 0 Å². The monoisotopic (exact) mass is 346 g/mol. The molecular formula is C18H23BrN2. The molecule has 0 saturated carbocycles. The molecule has 1 aromatic carbocycles. The largest absolute Gasteiger partial charge is 0.310 e. The van der Waals surface area contributed by atoms with E-state index >= 15 is 0 Å². The van der Waals surface area contributed by atoms with Gasteiger partial charge in [-0.15, -0.1) is 0 Å². The first kappa shape index (κ1) is 16.2. The molecule has 2 nitrogen and oxygen atoms in total. The van der Waals surface area contributed by atoms with E-state index < -0.39 is 0 Å². The number of likely N-dealkylation sites (N-methyl/N-ethyl adjacent to an activating group) is 1. The molecule has 0 radical (unpaired) electrons. The van der Waals surface area contributed by atoms with Crippen LogP contribution in [0.4, 0.5) is 0 Å². The van der Waals surface area contributed by atoms with Crippen molar-refractivity contribution in [1.82, 2.24) is 10.3 Å². The molecule has 1 N–H and O–H groups in total. The Hall–Kier alpha value is -1.19. The van der Waals surface area contributed by atoms with E-state index in [2.05, 4.69) is 77.3 Å². The second kappa shape index (κ2) is 7.71. The number of aromatic nitrogens is 1. The second-order valence-electron chi connectivity index (χ2n) is 5.35. The number of hydrogen-bond acceptors (Lipinski definition) is 2.